The Morgan fingerprint density at radius 3 is 1.26 bits per heavy atom. The van der Waals surface area contributed by atoms with E-state index in [0.717, 1.165) is 34.2 Å². The maximum Gasteiger partial charge on any atom is 0.330 e. The van der Waals surface area contributed by atoms with Crippen LogP contribution in [0.4, 0.5) is 0 Å². The number of hydrogen-bond donors (Lipinski definition) is 1. The minimum absolute atomic E-state index is 0.0132. The van der Waals surface area contributed by atoms with E-state index in [0.29, 0.717) is 77.1 Å². The predicted octanol–water partition coefficient (Wildman–Crippen LogP) is 8.05. The van der Waals surface area contributed by atoms with E-state index in [-0.39, 0.29) is 55.1 Å². The number of rotatable bonds is 20. The Labute approximate surface area is 388 Å². The quantitative estimate of drug-likeness (QED) is 0.0670. The van der Waals surface area contributed by atoms with E-state index in [1.165, 1.54) is 6.08 Å². The molecule has 0 aromatic heterocycles. The maximum atomic E-state index is 12.3. The molecule has 0 unspecified atom stereocenters. The van der Waals surface area contributed by atoms with Gasteiger partial charge in [0.25, 0.3) is 0 Å². The molecule has 0 bridgehead atoms. The molecule has 66 heavy (non-hydrogen) atoms. The zero-order valence-electron chi connectivity index (χ0n) is 40.2. The molecule has 6 rings (SSSR count). The zero-order chi connectivity index (χ0) is 47.9. The molecule has 2 fully saturated rings. The zero-order valence-corrected chi connectivity index (χ0v) is 40.2. The molecule has 0 aliphatic carbocycles. The van der Waals surface area contributed by atoms with Crippen LogP contribution in [0, 0.1) is 23.7 Å². The lowest BCUT2D eigenvalue weighted by molar-refractivity contribution is -0.140. The molecule has 360 valence electrons. The van der Waals surface area contributed by atoms with E-state index in [9.17, 15) is 9.90 Å². The smallest absolute Gasteiger partial charge is 0.330 e. The standard InChI is InChI=1S/C28H36O8.C23H30O7/c1-17(2)10-26(29)35-16-21-20(11-18-8-9-22(30-3)23(12-18)31-4)15-36-27(21)19-13-24(32-5)28(34-7)25(14-19)33-6;1-25-18-7-6-14(9-19(18)26-2)8-16-13-30-22(17(16)12-24)15-10-20(27-3)23(29-5)21(11-15)28-4/h8-10,12-14,20-21,27H,11,15-16H2,1-7H3;6-7,9-11,16-17,22,24H,8,12-13H2,1-5H3/t20-,21-,27+;16-,17-,22+/m00/s1. The van der Waals surface area contributed by atoms with Crippen molar-refractivity contribution in [2.45, 2.75) is 38.9 Å². The van der Waals surface area contributed by atoms with Crippen molar-refractivity contribution >= 4 is 5.97 Å². The van der Waals surface area contributed by atoms with Gasteiger partial charge in [-0.2, -0.15) is 0 Å². The van der Waals surface area contributed by atoms with E-state index < -0.39 is 0 Å². The molecule has 2 aliphatic rings. The first-order valence-electron chi connectivity index (χ1n) is 21.6. The monoisotopic (exact) mass is 918 g/mol. The summed E-state index contributed by atoms with van der Waals surface area (Å²) in [7, 11) is 15.9. The highest BCUT2D eigenvalue weighted by molar-refractivity contribution is 5.82. The SMILES string of the molecule is COc1ccc(C[C@H]2CO[C@H](c3cc(OC)c(OC)c(OC)c3)[C@H]2CO)cc1OC.COc1ccc(C[C@H]2CO[C@H](c3cc(OC)c(OC)c(OC)c3)[C@H]2COC(=O)C=C(C)C)cc1OC. The second-order valence-corrected chi connectivity index (χ2v) is 16.1. The number of allylic oxidation sites excluding steroid dienone is 1. The number of aliphatic hydroxyl groups is 1. The van der Waals surface area contributed by atoms with Crippen molar-refractivity contribution in [1.82, 2.24) is 0 Å². The van der Waals surface area contributed by atoms with Gasteiger partial charge in [-0.25, -0.2) is 4.79 Å². The fraction of sp³-hybridized carbons (Fsp3) is 0.471. The number of hydrogen-bond acceptors (Lipinski definition) is 15. The van der Waals surface area contributed by atoms with E-state index in [1.54, 1.807) is 71.1 Å². The molecule has 6 atom stereocenters. The van der Waals surface area contributed by atoms with E-state index in [1.807, 2.05) is 74.5 Å². The number of esters is 1. The van der Waals surface area contributed by atoms with Crippen LogP contribution in [0.1, 0.15) is 48.3 Å². The Kier molecular flexibility index (Phi) is 18.9. The van der Waals surface area contributed by atoms with Gasteiger partial charge in [0.1, 0.15) is 0 Å². The lowest BCUT2D eigenvalue weighted by Crippen LogP contribution is -2.24. The van der Waals surface area contributed by atoms with Gasteiger partial charge in [-0.3, -0.25) is 0 Å². The first kappa shape index (κ1) is 51.0. The molecular formula is C51H66O15. The van der Waals surface area contributed by atoms with Crippen molar-refractivity contribution < 1.29 is 71.5 Å². The van der Waals surface area contributed by atoms with Gasteiger partial charge in [0.15, 0.2) is 46.0 Å². The first-order chi connectivity index (χ1) is 31.9. The van der Waals surface area contributed by atoms with Gasteiger partial charge >= 0.3 is 5.97 Å². The summed E-state index contributed by atoms with van der Waals surface area (Å²) in [5.41, 5.74) is 4.81. The Balaban J connectivity index is 0.000000251. The topological polar surface area (TPSA) is 157 Å². The molecule has 2 heterocycles. The summed E-state index contributed by atoms with van der Waals surface area (Å²) in [5, 5.41) is 10.2. The highest BCUT2D eigenvalue weighted by Crippen LogP contribution is 2.48. The van der Waals surface area contributed by atoms with Crippen molar-refractivity contribution in [3.05, 3.63) is 94.6 Å². The molecular weight excluding hydrogens is 853 g/mol. The van der Waals surface area contributed by atoms with Gasteiger partial charge in [0.05, 0.1) is 103 Å². The van der Waals surface area contributed by atoms with Gasteiger partial charge in [0, 0.05) is 24.5 Å². The van der Waals surface area contributed by atoms with Gasteiger partial charge in [-0.1, -0.05) is 17.7 Å². The second kappa shape index (κ2) is 24.5. The summed E-state index contributed by atoms with van der Waals surface area (Å²) in [6, 6.07) is 19.3. The molecule has 0 amide bonds. The summed E-state index contributed by atoms with van der Waals surface area (Å²) in [4.78, 5) is 12.3. The molecule has 15 heteroatoms. The summed E-state index contributed by atoms with van der Waals surface area (Å²) >= 11 is 0. The minimum Gasteiger partial charge on any atom is -0.493 e. The van der Waals surface area contributed by atoms with E-state index in [4.69, 9.17) is 61.6 Å². The van der Waals surface area contributed by atoms with Gasteiger partial charge in [0.2, 0.25) is 11.5 Å². The third-order valence-electron chi connectivity index (χ3n) is 11.9. The van der Waals surface area contributed by atoms with Crippen molar-refractivity contribution in [2.24, 2.45) is 23.7 Å². The minimum atomic E-state index is -0.365. The van der Waals surface area contributed by atoms with Crippen LogP contribution in [0.3, 0.4) is 0 Å². The van der Waals surface area contributed by atoms with Gasteiger partial charge < -0.3 is 66.7 Å². The Hall–Kier alpha value is -6.03. The van der Waals surface area contributed by atoms with Crippen LogP contribution in [-0.4, -0.2) is 109 Å². The fourth-order valence-electron chi connectivity index (χ4n) is 8.63. The Morgan fingerprint density at radius 1 is 0.530 bits per heavy atom. The average Bonchev–Trinajstić information content (AvgIpc) is 3.94. The molecule has 4 aromatic rings. The van der Waals surface area contributed by atoms with Crippen LogP contribution in [0.25, 0.3) is 0 Å². The number of ether oxygens (including phenoxy) is 13. The average molecular weight is 919 g/mol. The summed E-state index contributed by atoms with van der Waals surface area (Å²) in [5.74, 6) is 5.68. The molecule has 1 N–H and O–H groups in total. The third-order valence-corrected chi connectivity index (χ3v) is 11.9. The predicted molar refractivity (Wildman–Crippen MR) is 248 cm³/mol. The van der Waals surface area contributed by atoms with Gasteiger partial charge in [-0.15, -0.1) is 0 Å². The highest BCUT2D eigenvalue weighted by atomic mass is 16.6. The molecule has 2 aliphatic heterocycles. The molecule has 0 spiro atoms. The van der Waals surface area contributed by atoms with Crippen LogP contribution < -0.4 is 47.4 Å². The number of carbonyl (C=O) groups is 1. The van der Waals surface area contributed by atoms with Crippen LogP contribution >= 0.6 is 0 Å². The maximum absolute atomic E-state index is 12.3. The van der Waals surface area contributed by atoms with Crippen LogP contribution in [-0.2, 0) is 31.8 Å². The highest BCUT2D eigenvalue weighted by Gasteiger charge is 2.41. The lowest BCUT2D eigenvalue weighted by atomic mass is 9.84. The van der Waals surface area contributed by atoms with Crippen LogP contribution in [0.2, 0.25) is 0 Å². The van der Waals surface area contributed by atoms with Crippen molar-refractivity contribution in [1.29, 1.82) is 0 Å². The van der Waals surface area contributed by atoms with Crippen molar-refractivity contribution in [2.75, 3.05) is 97.5 Å². The van der Waals surface area contributed by atoms with Crippen molar-refractivity contribution in [3.63, 3.8) is 0 Å². The van der Waals surface area contributed by atoms with Crippen LogP contribution in [0.5, 0.6) is 57.5 Å². The largest absolute Gasteiger partial charge is 0.493 e. The second-order valence-electron chi connectivity index (χ2n) is 16.1. The first-order valence-corrected chi connectivity index (χ1v) is 21.6. The molecule has 2 saturated heterocycles. The van der Waals surface area contributed by atoms with E-state index in [2.05, 4.69) is 0 Å². The third kappa shape index (κ3) is 12.0. The number of aliphatic hydroxyl groups excluding tert-OH is 1. The Bertz CT molecular complexity index is 2180. The van der Waals surface area contributed by atoms with E-state index >= 15 is 0 Å². The Morgan fingerprint density at radius 2 is 0.909 bits per heavy atom. The number of carbonyl (C=O) groups excluding carboxylic acids is 1. The van der Waals surface area contributed by atoms with Crippen molar-refractivity contribution in [3.8, 4) is 57.5 Å². The molecule has 4 aromatic carbocycles. The molecule has 0 radical (unpaired) electrons. The normalized spacial score (nSPS) is 19.7. The number of methoxy groups -OCH3 is 10. The fourth-order valence-corrected chi connectivity index (χ4v) is 8.63. The lowest BCUT2D eigenvalue weighted by Gasteiger charge is -2.24. The van der Waals surface area contributed by atoms with Gasteiger partial charge in [-0.05, 0) is 109 Å². The molecule has 15 nitrogen and oxygen atoms in total. The summed E-state index contributed by atoms with van der Waals surface area (Å²) in [6.07, 6.45) is 2.36. The van der Waals surface area contributed by atoms with Crippen LogP contribution in [0.15, 0.2) is 72.3 Å². The number of benzene rings is 4. The summed E-state index contributed by atoms with van der Waals surface area (Å²) < 4.78 is 72.6. The summed E-state index contributed by atoms with van der Waals surface area (Å²) in [6.45, 7) is 4.99. The molecule has 0 saturated carbocycles.